The standard InChI is InChI=1S/C16H19N3O/c1-11-9-19-15(10-18-11)16(17-2)12-3-5-13(6-4-12)20-14-7-8-14/h3-6,9-10,14,16-17H,7-8H2,1-2H3. The predicted molar refractivity (Wildman–Crippen MR) is 77.8 cm³/mol. The van der Waals surface area contributed by atoms with E-state index >= 15 is 0 Å². The maximum atomic E-state index is 5.77. The van der Waals surface area contributed by atoms with Gasteiger partial charge in [-0.2, -0.15) is 0 Å². The molecule has 1 unspecified atom stereocenters. The van der Waals surface area contributed by atoms with Gasteiger partial charge < -0.3 is 10.1 Å². The van der Waals surface area contributed by atoms with Gasteiger partial charge in [-0.3, -0.25) is 9.97 Å². The van der Waals surface area contributed by atoms with Crippen molar-refractivity contribution in [2.75, 3.05) is 7.05 Å². The van der Waals surface area contributed by atoms with Crippen LogP contribution in [0.1, 0.15) is 35.8 Å². The zero-order valence-corrected chi connectivity index (χ0v) is 11.8. The second-order valence-electron chi connectivity index (χ2n) is 5.19. The Morgan fingerprint density at radius 1 is 1.15 bits per heavy atom. The van der Waals surface area contributed by atoms with Crippen LogP contribution in [-0.4, -0.2) is 23.1 Å². The molecule has 1 aromatic carbocycles. The lowest BCUT2D eigenvalue weighted by molar-refractivity contribution is 0.303. The molecule has 0 saturated heterocycles. The molecule has 1 aliphatic carbocycles. The van der Waals surface area contributed by atoms with E-state index in [1.807, 2.05) is 32.3 Å². The third-order valence-electron chi connectivity index (χ3n) is 3.43. The van der Waals surface area contributed by atoms with Crippen molar-refractivity contribution < 1.29 is 4.74 Å². The first-order valence-electron chi connectivity index (χ1n) is 6.98. The Morgan fingerprint density at radius 3 is 2.45 bits per heavy atom. The van der Waals surface area contributed by atoms with E-state index in [2.05, 4.69) is 27.4 Å². The third-order valence-corrected chi connectivity index (χ3v) is 3.43. The first-order valence-corrected chi connectivity index (χ1v) is 6.98. The molecule has 1 saturated carbocycles. The smallest absolute Gasteiger partial charge is 0.119 e. The van der Waals surface area contributed by atoms with Gasteiger partial charge in [-0.05, 0) is 44.5 Å². The van der Waals surface area contributed by atoms with Gasteiger partial charge in [-0.15, -0.1) is 0 Å². The lowest BCUT2D eigenvalue weighted by atomic mass is 10.0. The van der Waals surface area contributed by atoms with E-state index in [9.17, 15) is 0 Å². The Hall–Kier alpha value is -1.94. The molecule has 1 heterocycles. The van der Waals surface area contributed by atoms with E-state index in [1.54, 1.807) is 6.20 Å². The largest absolute Gasteiger partial charge is 0.490 e. The van der Waals surface area contributed by atoms with E-state index in [4.69, 9.17) is 4.74 Å². The molecule has 2 aromatic rings. The summed E-state index contributed by atoms with van der Waals surface area (Å²) in [5, 5.41) is 3.28. The number of rotatable bonds is 5. The van der Waals surface area contributed by atoms with Gasteiger partial charge in [0.2, 0.25) is 0 Å². The fraction of sp³-hybridized carbons (Fsp3) is 0.375. The summed E-state index contributed by atoms with van der Waals surface area (Å²) in [6, 6.07) is 8.28. The second kappa shape index (κ2) is 5.59. The maximum absolute atomic E-state index is 5.77. The van der Waals surface area contributed by atoms with Crippen LogP contribution in [0.2, 0.25) is 0 Å². The second-order valence-corrected chi connectivity index (χ2v) is 5.19. The highest BCUT2D eigenvalue weighted by Gasteiger charge is 2.23. The topological polar surface area (TPSA) is 47.0 Å². The number of ether oxygens (including phenoxy) is 1. The fourth-order valence-corrected chi connectivity index (χ4v) is 2.15. The number of benzene rings is 1. The molecule has 4 heteroatoms. The molecule has 4 nitrogen and oxygen atoms in total. The van der Waals surface area contributed by atoms with Crippen LogP contribution in [0.3, 0.4) is 0 Å². The van der Waals surface area contributed by atoms with Gasteiger partial charge >= 0.3 is 0 Å². The highest BCUT2D eigenvalue weighted by Crippen LogP contribution is 2.28. The number of aryl methyl sites for hydroxylation is 1. The van der Waals surface area contributed by atoms with Crippen molar-refractivity contribution in [3.05, 3.63) is 53.6 Å². The van der Waals surface area contributed by atoms with Gasteiger partial charge in [0.15, 0.2) is 0 Å². The van der Waals surface area contributed by atoms with Crippen molar-refractivity contribution in [1.29, 1.82) is 0 Å². The average Bonchev–Trinajstić information content (AvgIpc) is 3.27. The third kappa shape index (κ3) is 2.96. The molecule has 104 valence electrons. The Bertz CT molecular complexity index is 561. The Balaban J connectivity index is 1.79. The zero-order valence-electron chi connectivity index (χ0n) is 11.8. The summed E-state index contributed by atoms with van der Waals surface area (Å²) in [5.41, 5.74) is 3.01. The van der Waals surface area contributed by atoms with Gasteiger partial charge in [0.1, 0.15) is 5.75 Å². The number of hydrogen-bond acceptors (Lipinski definition) is 4. The normalized spacial score (nSPS) is 15.9. The summed E-state index contributed by atoms with van der Waals surface area (Å²) in [4.78, 5) is 8.76. The minimum atomic E-state index is 0.0538. The number of nitrogens with zero attached hydrogens (tertiary/aromatic N) is 2. The van der Waals surface area contributed by atoms with E-state index < -0.39 is 0 Å². The number of hydrogen-bond donors (Lipinski definition) is 1. The average molecular weight is 269 g/mol. The van der Waals surface area contributed by atoms with E-state index in [-0.39, 0.29) is 6.04 Å². The van der Waals surface area contributed by atoms with E-state index in [0.717, 1.165) is 22.7 Å². The van der Waals surface area contributed by atoms with Crippen LogP contribution >= 0.6 is 0 Å². The predicted octanol–water partition coefficient (Wildman–Crippen LogP) is 2.64. The summed E-state index contributed by atoms with van der Waals surface area (Å²) in [6.45, 7) is 1.94. The molecule has 20 heavy (non-hydrogen) atoms. The molecule has 0 bridgehead atoms. The summed E-state index contributed by atoms with van der Waals surface area (Å²) in [6.07, 6.45) is 6.42. The van der Waals surface area contributed by atoms with Crippen molar-refractivity contribution in [3.8, 4) is 5.75 Å². The van der Waals surface area contributed by atoms with Crippen LogP contribution in [0.5, 0.6) is 5.75 Å². The minimum absolute atomic E-state index is 0.0538. The lowest BCUT2D eigenvalue weighted by Gasteiger charge is -2.16. The number of aromatic nitrogens is 2. The van der Waals surface area contributed by atoms with Crippen LogP contribution in [0.15, 0.2) is 36.7 Å². The molecule has 1 aromatic heterocycles. The molecule has 1 atom stereocenters. The van der Waals surface area contributed by atoms with Crippen LogP contribution < -0.4 is 10.1 Å². The quantitative estimate of drug-likeness (QED) is 0.906. The minimum Gasteiger partial charge on any atom is -0.490 e. The Labute approximate surface area is 119 Å². The Morgan fingerprint density at radius 2 is 1.90 bits per heavy atom. The fourth-order valence-electron chi connectivity index (χ4n) is 2.15. The van der Waals surface area contributed by atoms with Crippen LogP contribution in [0, 0.1) is 6.92 Å². The summed E-state index contributed by atoms with van der Waals surface area (Å²) in [5.74, 6) is 0.945. The van der Waals surface area contributed by atoms with Crippen LogP contribution in [0.25, 0.3) is 0 Å². The SMILES string of the molecule is CNC(c1ccc(OC2CC2)cc1)c1cnc(C)cn1. The van der Waals surface area contributed by atoms with Gasteiger partial charge in [0.25, 0.3) is 0 Å². The summed E-state index contributed by atoms with van der Waals surface area (Å²) in [7, 11) is 1.93. The van der Waals surface area contributed by atoms with E-state index in [1.165, 1.54) is 12.8 Å². The molecule has 0 amide bonds. The molecule has 0 radical (unpaired) electrons. The highest BCUT2D eigenvalue weighted by molar-refractivity contribution is 5.33. The summed E-state index contributed by atoms with van der Waals surface area (Å²) >= 11 is 0. The molecule has 1 N–H and O–H groups in total. The van der Waals surface area contributed by atoms with Crippen LogP contribution in [-0.2, 0) is 0 Å². The van der Waals surface area contributed by atoms with Crippen LogP contribution in [0.4, 0.5) is 0 Å². The number of nitrogens with one attached hydrogen (secondary N) is 1. The highest BCUT2D eigenvalue weighted by atomic mass is 16.5. The van der Waals surface area contributed by atoms with Gasteiger partial charge in [-0.1, -0.05) is 12.1 Å². The maximum Gasteiger partial charge on any atom is 0.119 e. The molecule has 3 rings (SSSR count). The van der Waals surface area contributed by atoms with E-state index in [0.29, 0.717) is 6.10 Å². The molecule has 1 aliphatic rings. The molecule has 0 aliphatic heterocycles. The van der Waals surface area contributed by atoms with Gasteiger partial charge in [0.05, 0.1) is 29.7 Å². The molecule has 1 fully saturated rings. The monoisotopic (exact) mass is 269 g/mol. The van der Waals surface area contributed by atoms with Crippen molar-refractivity contribution in [2.24, 2.45) is 0 Å². The lowest BCUT2D eigenvalue weighted by Crippen LogP contribution is -2.19. The van der Waals surface area contributed by atoms with Crippen molar-refractivity contribution in [2.45, 2.75) is 31.9 Å². The molecular weight excluding hydrogens is 250 g/mol. The van der Waals surface area contributed by atoms with Gasteiger partial charge in [0, 0.05) is 6.20 Å². The summed E-state index contributed by atoms with van der Waals surface area (Å²) < 4.78 is 5.77. The first kappa shape index (κ1) is 13.1. The molecular formula is C16H19N3O. The first-order chi connectivity index (χ1) is 9.76. The van der Waals surface area contributed by atoms with Crippen molar-refractivity contribution in [3.63, 3.8) is 0 Å². The van der Waals surface area contributed by atoms with Crippen molar-refractivity contribution >= 4 is 0 Å². The zero-order chi connectivity index (χ0) is 13.9. The van der Waals surface area contributed by atoms with Crippen molar-refractivity contribution in [1.82, 2.24) is 15.3 Å². The Kier molecular flexibility index (Phi) is 3.65. The molecule has 0 spiro atoms. The van der Waals surface area contributed by atoms with Gasteiger partial charge in [-0.25, -0.2) is 0 Å².